The standard InChI is InChI=1S/C17H26N2O2/c1-6-16(20)19(14(5)17(21)18-12(2)3)11-15-9-7-13(4)8-10-15/h7-10,12,14H,6,11H2,1-5H3,(H,18,21)/t14-/m1/s1. The molecule has 0 aliphatic carbocycles. The number of carbonyl (C=O) groups excluding carboxylic acids is 2. The first-order chi connectivity index (χ1) is 9.85. The molecule has 1 aromatic carbocycles. The number of hydrogen-bond acceptors (Lipinski definition) is 2. The summed E-state index contributed by atoms with van der Waals surface area (Å²) in [6.07, 6.45) is 0.394. The van der Waals surface area contributed by atoms with Crippen molar-refractivity contribution < 1.29 is 9.59 Å². The molecule has 1 atom stereocenters. The average Bonchev–Trinajstić information content (AvgIpc) is 2.44. The van der Waals surface area contributed by atoms with Crippen LogP contribution in [0.1, 0.15) is 45.2 Å². The van der Waals surface area contributed by atoms with E-state index >= 15 is 0 Å². The second kappa shape index (κ2) is 7.81. The lowest BCUT2D eigenvalue weighted by Crippen LogP contribution is -2.48. The summed E-state index contributed by atoms with van der Waals surface area (Å²) >= 11 is 0. The van der Waals surface area contributed by atoms with Crippen LogP contribution in [0.25, 0.3) is 0 Å². The lowest BCUT2D eigenvalue weighted by molar-refractivity contribution is -0.140. The minimum absolute atomic E-state index is 0.0121. The second-order valence-corrected chi connectivity index (χ2v) is 5.70. The fraction of sp³-hybridized carbons (Fsp3) is 0.529. The predicted octanol–water partition coefficient (Wildman–Crippen LogP) is 2.65. The van der Waals surface area contributed by atoms with E-state index in [1.807, 2.05) is 52.0 Å². The quantitative estimate of drug-likeness (QED) is 0.875. The van der Waals surface area contributed by atoms with Gasteiger partial charge in [0.1, 0.15) is 6.04 Å². The monoisotopic (exact) mass is 290 g/mol. The number of rotatable bonds is 6. The zero-order valence-electron chi connectivity index (χ0n) is 13.6. The molecule has 0 saturated heterocycles. The van der Waals surface area contributed by atoms with Gasteiger partial charge in [0.05, 0.1) is 0 Å². The first-order valence-corrected chi connectivity index (χ1v) is 7.50. The molecule has 4 nitrogen and oxygen atoms in total. The molecule has 2 amide bonds. The van der Waals surface area contributed by atoms with Gasteiger partial charge < -0.3 is 10.2 Å². The molecule has 0 spiro atoms. The molecule has 1 aromatic rings. The Labute approximate surface area is 127 Å². The lowest BCUT2D eigenvalue weighted by Gasteiger charge is -2.29. The molecule has 0 heterocycles. The second-order valence-electron chi connectivity index (χ2n) is 5.70. The average molecular weight is 290 g/mol. The van der Waals surface area contributed by atoms with Crippen molar-refractivity contribution in [2.45, 2.75) is 59.7 Å². The number of carbonyl (C=O) groups is 2. The van der Waals surface area contributed by atoms with E-state index in [4.69, 9.17) is 0 Å². The molecule has 4 heteroatoms. The van der Waals surface area contributed by atoms with Crippen molar-refractivity contribution in [1.82, 2.24) is 10.2 Å². The van der Waals surface area contributed by atoms with E-state index in [0.717, 1.165) is 5.56 Å². The van der Waals surface area contributed by atoms with Gasteiger partial charge in [-0.2, -0.15) is 0 Å². The Morgan fingerprint density at radius 3 is 2.19 bits per heavy atom. The topological polar surface area (TPSA) is 49.4 Å². The third kappa shape index (κ3) is 5.21. The zero-order valence-corrected chi connectivity index (χ0v) is 13.6. The molecule has 0 saturated carbocycles. The largest absolute Gasteiger partial charge is 0.352 e. The first kappa shape index (κ1) is 17.2. The van der Waals surface area contributed by atoms with E-state index in [1.54, 1.807) is 11.8 Å². The highest BCUT2D eigenvalue weighted by atomic mass is 16.2. The van der Waals surface area contributed by atoms with Crippen molar-refractivity contribution >= 4 is 11.8 Å². The SMILES string of the molecule is CCC(=O)N(Cc1ccc(C)cc1)[C@H](C)C(=O)NC(C)C. The van der Waals surface area contributed by atoms with E-state index in [2.05, 4.69) is 5.32 Å². The lowest BCUT2D eigenvalue weighted by atomic mass is 10.1. The van der Waals surface area contributed by atoms with Crippen LogP contribution >= 0.6 is 0 Å². The summed E-state index contributed by atoms with van der Waals surface area (Å²) in [6.45, 7) is 9.90. The van der Waals surface area contributed by atoms with Gasteiger partial charge in [-0.15, -0.1) is 0 Å². The Balaban J connectivity index is 2.87. The van der Waals surface area contributed by atoms with Crippen molar-refractivity contribution in [2.75, 3.05) is 0 Å². The number of benzene rings is 1. The molecule has 0 radical (unpaired) electrons. The Bertz CT molecular complexity index is 480. The number of aryl methyl sites for hydroxylation is 1. The molecule has 0 aliphatic rings. The highest BCUT2D eigenvalue weighted by molar-refractivity contribution is 5.87. The summed E-state index contributed by atoms with van der Waals surface area (Å²) < 4.78 is 0. The van der Waals surface area contributed by atoms with Gasteiger partial charge in [0.2, 0.25) is 11.8 Å². The van der Waals surface area contributed by atoms with Crippen LogP contribution in [0.4, 0.5) is 0 Å². The predicted molar refractivity (Wildman–Crippen MR) is 84.8 cm³/mol. The van der Waals surface area contributed by atoms with Crippen LogP contribution in [-0.2, 0) is 16.1 Å². The van der Waals surface area contributed by atoms with Gasteiger partial charge in [-0.05, 0) is 33.3 Å². The van der Waals surface area contributed by atoms with Crippen LogP contribution in [-0.4, -0.2) is 28.8 Å². The molecular weight excluding hydrogens is 264 g/mol. The molecule has 21 heavy (non-hydrogen) atoms. The van der Waals surface area contributed by atoms with E-state index < -0.39 is 6.04 Å². The van der Waals surface area contributed by atoms with Crippen molar-refractivity contribution in [3.8, 4) is 0 Å². The van der Waals surface area contributed by atoms with Crippen molar-refractivity contribution in [1.29, 1.82) is 0 Å². The van der Waals surface area contributed by atoms with Crippen LogP contribution in [0.15, 0.2) is 24.3 Å². The van der Waals surface area contributed by atoms with Gasteiger partial charge in [-0.25, -0.2) is 0 Å². The van der Waals surface area contributed by atoms with Crippen LogP contribution in [0, 0.1) is 6.92 Å². The van der Waals surface area contributed by atoms with Crippen molar-refractivity contribution in [3.63, 3.8) is 0 Å². The number of nitrogens with one attached hydrogen (secondary N) is 1. The summed E-state index contributed by atoms with van der Waals surface area (Å²) in [5.41, 5.74) is 2.21. The zero-order chi connectivity index (χ0) is 16.0. The number of nitrogens with zero attached hydrogens (tertiary/aromatic N) is 1. The van der Waals surface area contributed by atoms with E-state index in [9.17, 15) is 9.59 Å². The van der Waals surface area contributed by atoms with Crippen LogP contribution in [0.5, 0.6) is 0 Å². The molecule has 0 fully saturated rings. The Morgan fingerprint density at radius 2 is 1.71 bits per heavy atom. The Morgan fingerprint density at radius 1 is 1.14 bits per heavy atom. The normalized spacial score (nSPS) is 12.1. The number of amides is 2. The summed E-state index contributed by atoms with van der Waals surface area (Å²) in [7, 11) is 0. The van der Waals surface area contributed by atoms with Gasteiger partial charge in [-0.1, -0.05) is 36.8 Å². The van der Waals surface area contributed by atoms with Gasteiger partial charge in [0, 0.05) is 19.0 Å². The van der Waals surface area contributed by atoms with Gasteiger partial charge >= 0.3 is 0 Å². The third-order valence-corrected chi connectivity index (χ3v) is 3.37. The maximum absolute atomic E-state index is 12.2. The molecule has 1 rings (SSSR count). The van der Waals surface area contributed by atoms with E-state index in [1.165, 1.54) is 5.56 Å². The molecule has 1 N–H and O–H groups in total. The highest BCUT2D eigenvalue weighted by Crippen LogP contribution is 2.12. The van der Waals surface area contributed by atoms with Gasteiger partial charge in [-0.3, -0.25) is 9.59 Å². The minimum atomic E-state index is -0.471. The summed E-state index contributed by atoms with van der Waals surface area (Å²) in [6, 6.07) is 7.63. The Hall–Kier alpha value is -1.84. The summed E-state index contributed by atoms with van der Waals surface area (Å²) in [5, 5.41) is 2.86. The molecular formula is C17H26N2O2. The van der Waals surface area contributed by atoms with Crippen LogP contribution in [0.2, 0.25) is 0 Å². The number of hydrogen-bond donors (Lipinski definition) is 1. The third-order valence-electron chi connectivity index (χ3n) is 3.37. The maximum Gasteiger partial charge on any atom is 0.242 e. The summed E-state index contributed by atoms with van der Waals surface area (Å²) in [4.78, 5) is 26.0. The highest BCUT2D eigenvalue weighted by Gasteiger charge is 2.25. The van der Waals surface area contributed by atoms with E-state index in [0.29, 0.717) is 13.0 Å². The fourth-order valence-electron chi connectivity index (χ4n) is 2.08. The smallest absolute Gasteiger partial charge is 0.242 e. The summed E-state index contributed by atoms with van der Waals surface area (Å²) in [5.74, 6) is -0.124. The molecule has 0 aliphatic heterocycles. The first-order valence-electron chi connectivity index (χ1n) is 7.50. The van der Waals surface area contributed by atoms with Crippen molar-refractivity contribution in [3.05, 3.63) is 35.4 Å². The maximum atomic E-state index is 12.2. The van der Waals surface area contributed by atoms with Gasteiger partial charge in [0.15, 0.2) is 0 Å². The molecule has 0 unspecified atom stereocenters. The Kier molecular flexibility index (Phi) is 6.40. The van der Waals surface area contributed by atoms with Crippen LogP contribution < -0.4 is 5.32 Å². The van der Waals surface area contributed by atoms with E-state index in [-0.39, 0.29) is 17.9 Å². The minimum Gasteiger partial charge on any atom is -0.352 e. The van der Waals surface area contributed by atoms with Crippen molar-refractivity contribution in [2.24, 2.45) is 0 Å². The fourth-order valence-corrected chi connectivity index (χ4v) is 2.08. The molecule has 116 valence electrons. The molecule has 0 aromatic heterocycles. The van der Waals surface area contributed by atoms with Crippen LogP contribution in [0.3, 0.4) is 0 Å². The van der Waals surface area contributed by atoms with Gasteiger partial charge in [0.25, 0.3) is 0 Å². The molecule has 0 bridgehead atoms.